The molecule has 0 bridgehead atoms. The number of nitrogens with one attached hydrogen (secondary N) is 2. The molecule has 0 radical (unpaired) electrons. The number of aromatic nitrogens is 1. The fourth-order valence-corrected chi connectivity index (χ4v) is 2.86. The second-order valence-electron chi connectivity index (χ2n) is 3.79. The van der Waals surface area contributed by atoms with Crippen molar-refractivity contribution in [3.05, 3.63) is 40.3 Å². The van der Waals surface area contributed by atoms with E-state index in [1.807, 2.05) is 18.2 Å². The number of hydrogen-bond donors (Lipinski definition) is 3. The van der Waals surface area contributed by atoms with Gasteiger partial charge < -0.3 is 16.0 Å². The zero-order chi connectivity index (χ0) is 12.7. The fraction of sp³-hybridized carbons (Fsp3) is 0. The zero-order valence-electron chi connectivity index (χ0n) is 9.56. The van der Waals surface area contributed by atoms with Crippen molar-refractivity contribution in [1.82, 2.24) is 4.98 Å². The highest BCUT2D eigenvalue weighted by atomic mass is 35.5. The SMILES string of the molecule is Cl.N#Cc1c2c(c[nH]c1=O)Sc1cccc(N)c1N2. The van der Waals surface area contributed by atoms with Crippen molar-refractivity contribution >= 4 is 41.2 Å². The van der Waals surface area contributed by atoms with Crippen molar-refractivity contribution in [3.63, 3.8) is 0 Å². The molecule has 96 valence electrons. The van der Waals surface area contributed by atoms with Crippen LogP contribution in [0.15, 0.2) is 39.0 Å². The van der Waals surface area contributed by atoms with E-state index in [1.54, 1.807) is 12.3 Å². The van der Waals surface area contributed by atoms with Crippen molar-refractivity contribution < 1.29 is 0 Å². The van der Waals surface area contributed by atoms with E-state index in [2.05, 4.69) is 10.3 Å². The summed E-state index contributed by atoms with van der Waals surface area (Å²) < 4.78 is 0. The second kappa shape index (κ2) is 4.88. The molecular weight excluding hydrogens is 284 g/mol. The Morgan fingerprint density at radius 2 is 2.05 bits per heavy atom. The number of benzene rings is 1. The van der Waals surface area contributed by atoms with Crippen LogP contribution in [0.25, 0.3) is 0 Å². The number of halogens is 1. The average molecular weight is 293 g/mol. The summed E-state index contributed by atoms with van der Waals surface area (Å²) in [6.45, 7) is 0. The molecule has 19 heavy (non-hydrogen) atoms. The van der Waals surface area contributed by atoms with Gasteiger partial charge in [-0.15, -0.1) is 12.4 Å². The van der Waals surface area contributed by atoms with Gasteiger partial charge in [0, 0.05) is 11.1 Å². The van der Waals surface area contributed by atoms with Gasteiger partial charge in [-0.3, -0.25) is 4.79 Å². The maximum absolute atomic E-state index is 11.6. The van der Waals surface area contributed by atoms with Crippen LogP contribution >= 0.6 is 24.2 Å². The molecule has 0 saturated carbocycles. The first-order chi connectivity index (χ1) is 8.70. The highest BCUT2D eigenvalue weighted by Gasteiger charge is 2.21. The molecule has 3 rings (SSSR count). The Balaban J connectivity index is 0.00000133. The Bertz CT molecular complexity index is 750. The first-order valence-corrected chi connectivity index (χ1v) is 6.01. The third-order valence-electron chi connectivity index (χ3n) is 2.70. The molecule has 2 heterocycles. The number of nitrogen functional groups attached to an aromatic ring is 1. The van der Waals surface area contributed by atoms with Gasteiger partial charge in [0.2, 0.25) is 0 Å². The lowest BCUT2D eigenvalue weighted by atomic mass is 10.2. The molecule has 0 fully saturated rings. The van der Waals surface area contributed by atoms with Gasteiger partial charge in [-0.25, -0.2) is 0 Å². The largest absolute Gasteiger partial charge is 0.397 e. The van der Waals surface area contributed by atoms with E-state index in [0.29, 0.717) is 11.4 Å². The van der Waals surface area contributed by atoms with E-state index in [1.165, 1.54) is 11.8 Å². The predicted molar refractivity (Wildman–Crippen MR) is 77.3 cm³/mol. The third-order valence-corrected chi connectivity index (χ3v) is 3.80. The highest BCUT2D eigenvalue weighted by Crippen LogP contribution is 2.46. The van der Waals surface area contributed by atoms with Gasteiger partial charge in [-0.2, -0.15) is 5.26 Å². The molecule has 2 aromatic rings. The average Bonchev–Trinajstić information content (AvgIpc) is 2.38. The molecule has 1 aliphatic rings. The van der Waals surface area contributed by atoms with Crippen LogP contribution in [0.2, 0.25) is 0 Å². The monoisotopic (exact) mass is 292 g/mol. The third kappa shape index (κ3) is 2.03. The minimum atomic E-state index is -0.401. The number of nitrogens with two attached hydrogens (primary N) is 1. The van der Waals surface area contributed by atoms with E-state index in [9.17, 15) is 4.79 Å². The quantitative estimate of drug-likeness (QED) is 0.553. The van der Waals surface area contributed by atoms with Crippen LogP contribution in [-0.4, -0.2) is 4.98 Å². The van der Waals surface area contributed by atoms with Crippen molar-refractivity contribution in [2.24, 2.45) is 0 Å². The maximum atomic E-state index is 11.6. The Hall–Kier alpha value is -2.10. The van der Waals surface area contributed by atoms with Gasteiger partial charge in [-0.05, 0) is 12.1 Å². The topological polar surface area (TPSA) is 94.7 Å². The molecule has 0 unspecified atom stereocenters. The Morgan fingerprint density at radius 1 is 1.26 bits per heavy atom. The van der Waals surface area contributed by atoms with Gasteiger partial charge in [0.1, 0.15) is 11.6 Å². The lowest BCUT2D eigenvalue weighted by molar-refractivity contribution is 1.14. The number of H-pyrrole nitrogens is 1. The fourth-order valence-electron chi connectivity index (χ4n) is 1.83. The van der Waals surface area contributed by atoms with Gasteiger partial charge in [0.15, 0.2) is 0 Å². The normalized spacial score (nSPS) is 11.3. The molecular formula is C12H9ClN4OS. The van der Waals surface area contributed by atoms with E-state index in [4.69, 9.17) is 11.0 Å². The van der Waals surface area contributed by atoms with E-state index < -0.39 is 5.56 Å². The van der Waals surface area contributed by atoms with Crippen molar-refractivity contribution in [1.29, 1.82) is 5.26 Å². The van der Waals surface area contributed by atoms with Gasteiger partial charge in [0.25, 0.3) is 5.56 Å². The highest BCUT2D eigenvalue weighted by molar-refractivity contribution is 7.99. The summed E-state index contributed by atoms with van der Waals surface area (Å²) in [5, 5.41) is 12.1. The second-order valence-corrected chi connectivity index (χ2v) is 4.88. The molecule has 0 atom stereocenters. The molecule has 5 nitrogen and oxygen atoms in total. The van der Waals surface area contributed by atoms with Crippen LogP contribution < -0.4 is 16.6 Å². The van der Waals surface area contributed by atoms with Crippen molar-refractivity contribution in [2.75, 3.05) is 11.1 Å². The first kappa shape index (κ1) is 13.3. The summed E-state index contributed by atoms with van der Waals surface area (Å²) in [6, 6.07) is 7.49. The zero-order valence-corrected chi connectivity index (χ0v) is 11.2. The summed E-state index contributed by atoms with van der Waals surface area (Å²) in [7, 11) is 0. The summed E-state index contributed by atoms with van der Waals surface area (Å²) in [6.07, 6.45) is 1.60. The lowest BCUT2D eigenvalue weighted by Crippen LogP contribution is -2.15. The molecule has 0 aliphatic carbocycles. The Labute approximate surface area is 119 Å². The first-order valence-electron chi connectivity index (χ1n) is 5.20. The summed E-state index contributed by atoms with van der Waals surface area (Å²) in [4.78, 5) is 15.9. The number of pyridine rings is 1. The van der Waals surface area contributed by atoms with Crippen LogP contribution in [0.3, 0.4) is 0 Å². The number of nitriles is 1. The van der Waals surface area contributed by atoms with Crippen LogP contribution in [0, 0.1) is 11.3 Å². The van der Waals surface area contributed by atoms with Crippen LogP contribution in [0.5, 0.6) is 0 Å². The minimum absolute atomic E-state index is 0. The van der Waals surface area contributed by atoms with Crippen LogP contribution in [0.4, 0.5) is 17.1 Å². The maximum Gasteiger partial charge on any atom is 0.268 e. The van der Waals surface area contributed by atoms with Gasteiger partial charge in [-0.1, -0.05) is 17.8 Å². The number of anilines is 3. The number of fused-ring (bicyclic) bond motifs is 2. The number of nitrogens with zero attached hydrogens (tertiary/aromatic N) is 1. The van der Waals surface area contributed by atoms with E-state index in [0.717, 1.165) is 15.5 Å². The standard InChI is InChI=1S/C12H8N4OS.ClH/c13-4-6-10-9(5-15-12(6)17)18-8-3-1-2-7(14)11(8)16-10;/h1-3,5,16H,14H2,(H,15,17);1H. The smallest absolute Gasteiger partial charge is 0.268 e. The van der Waals surface area contributed by atoms with Crippen LogP contribution in [0.1, 0.15) is 5.56 Å². The number of hydrogen-bond acceptors (Lipinski definition) is 5. The molecule has 0 saturated heterocycles. The van der Waals surface area contributed by atoms with Crippen molar-refractivity contribution in [2.45, 2.75) is 9.79 Å². The molecule has 7 heteroatoms. The molecule has 4 N–H and O–H groups in total. The molecule has 0 spiro atoms. The minimum Gasteiger partial charge on any atom is -0.397 e. The lowest BCUT2D eigenvalue weighted by Gasteiger charge is -2.22. The van der Waals surface area contributed by atoms with E-state index in [-0.39, 0.29) is 18.0 Å². The number of aromatic amines is 1. The Morgan fingerprint density at radius 3 is 2.79 bits per heavy atom. The van der Waals surface area contributed by atoms with Crippen molar-refractivity contribution in [3.8, 4) is 6.07 Å². The van der Waals surface area contributed by atoms with E-state index >= 15 is 0 Å². The predicted octanol–water partition coefficient (Wildman–Crippen LogP) is 2.46. The molecule has 1 aliphatic heterocycles. The molecule has 1 aromatic heterocycles. The molecule has 1 aromatic carbocycles. The summed E-state index contributed by atoms with van der Waals surface area (Å²) in [5.74, 6) is 0. The van der Waals surface area contributed by atoms with Gasteiger partial charge >= 0.3 is 0 Å². The number of para-hydroxylation sites is 1. The van der Waals surface area contributed by atoms with Gasteiger partial charge in [0.05, 0.1) is 22.0 Å². The van der Waals surface area contributed by atoms with Crippen LogP contribution in [-0.2, 0) is 0 Å². The summed E-state index contributed by atoms with van der Waals surface area (Å²) >= 11 is 1.47. The summed E-state index contributed by atoms with van der Waals surface area (Å²) in [5.41, 5.74) is 7.42. The molecule has 0 amide bonds. The number of rotatable bonds is 0. The Kier molecular flexibility index (Phi) is 3.42.